The Balaban J connectivity index is 1.82. The minimum Gasteiger partial charge on any atom is -0.451 e. The molecule has 0 saturated carbocycles. The molecular weight excluding hydrogens is 358 g/mol. The van der Waals surface area contributed by atoms with Gasteiger partial charge < -0.3 is 9.72 Å². The van der Waals surface area contributed by atoms with Crippen molar-refractivity contribution in [2.45, 2.75) is 17.9 Å². The molecule has 1 atom stereocenters. The normalized spacial score (nSPS) is 12.7. The lowest BCUT2D eigenvalue weighted by Gasteiger charge is -2.13. The number of aromatic nitrogens is 2. The number of aromatic amines is 1. The lowest BCUT2D eigenvalue weighted by Crippen LogP contribution is -2.17. The number of carbonyl (C=O) groups is 1. The number of fused-ring (bicyclic) bond motifs is 1. The zero-order valence-corrected chi connectivity index (χ0v) is 14.5. The number of nitrogens with two attached hydrogens (primary N) is 1. The van der Waals surface area contributed by atoms with Crippen molar-refractivity contribution in [2.24, 2.45) is 5.14 Å². The molecule has 0 aliphatic heterocycles. The summed E-state index contributed by atoms with van der Waals surface area (Å²) < 4.78 is 27.8. The van der Waals surface area contributed by atoms with E-state index in [1.54, 1.807) is 31.2 Å². The maximum absolute atomic E-state index is 12.2. The number of nitrogens with zero attached hydrogens (tertiary/aromatic N) is 1. The first-order valence-electron chi connectivity index (χ1n) is 7.58. The third-order valence-electron chi connectivity index (χ3n) is 3.72. The smallest absolute Gasteiger partial charge is 0.338 e. The summed E-state index contributed by atoms with van der Waals surface area (Å²) in [7, 11) is -3.84. The first-order chi connectivity index (χ1) is 12.3. The van der Waals surface area contributed by atoms with Crippen molar-refractivity contribution in [3.05, 3.63) is 70.3 Å². The fourth-order valence-electron chi connectivity index (χ4n) is 2.36. The minimum absolute atomic E-state index is 0.109. The van der Waals surface area contributed by atoms with E-state index in [0.717, 1.165) is 0 Å². The molecule has 0 amide bonds. The average molecular weight is 373 g/mol. The van der Waals surface area contributed by atoms with Crippen LogP contribution in [0.5, 0.6) is 0 Å². The zero-order valence-electron chi connectivity index (χ0n) is 13.7. The molecule has 9 heteroatoms. The predicted molar refractivity (Wildman–Crippen MR) is 94.0 cm³/mol. The summed E-state index contributed by atoms with van der Waals surface area (Å²) in [4.78, 5) is 31.1. The van der Waals surface area contributed by atoms with E-state index < -0.39 is 22.1 Å². The maximum Gasteiger partial charge on any atom is 0.338 e. The second-order valence-electron chi connectivity index (χ2n) is 5.59. The number of benzene rings is 2. The van der Waals surface area contributed by atoms with Gasteiger partial charge in [-0.3, -0.25) is 4.79 Å². The number of hydrogen-bond donors (Lipinski definition) is 2. The van der Waals surface area contributed by atoms with Crippen LogP contribution in [-0.4, -0.2) is 24.4 Å². The standard InChI is InChI=1S/C17H15N3O5S/c1-10(15-19-14-5-3-2-4-13(14)16(21)20-15)25-17(22)11-6-8-12(9-7-11)26(18,23)24/h2-10H,1H3,(H2,18,23,24)(H,19,20,21). The van der Waals surface area contributed by atoms with Crippen molar-refractivity contribution in [1.29, 1.82) is 0 Å². The van der Waals surface area contributed by atoms with Crippen LogP contribution >= 0.6 is 0 Å². The van der Waals surface area contributed by atoms with E-state index in [1.165, 1.54) is 24.3 Å². The third-order valence-corrected chi connectivity index (χ3v) is 4.65. The second-order valence-corrected chi connectivity index (χ2v) is 7.15. The van der Waals surface area contributed by atoms with Gasteiger partial charge in [0.2, 0.25) is 10.0 Å². The number of ether oxygens (including phenoxy) is 1. The highest BCUT2D eigenvalue weighted by atomic mass is 32.2. The van der Waals surface area contributed by atoms with Crippen LogP contribution in [0.3, 0.4) is 0 Å². The Morgan fingerprint density at radius 1 is 1.15 bits per heavy atom. The van der Waals surface area contributed by atoms with Crippen LogP contribution in [0.1, 0.15) is 29.2 Å². The first-order valence-corrected chi connectivity index (χ1v) is 9.13. The summed E-state index contributed by atoms with van der Waals surface area (Å²) >= 11 is 0. The van der Waals surface area contributed by atoms with E-state index in [4.69, 9.17) is 9.88 Å². The van der Waals surface area contributed by atoms with Gasteiger partial charge in [0.15, 0.2) is 11.9 Å². The van der Waals surface area contributed by atoms with Crippen molar-refractivity contribution in [2.75, 3.05) is 0 Å². The lowest BCUT2D eigenvalue weighted by atomic mass is 10.2. The van der Waals surface area contributed by atoms with Gasteiger partial charge in [-0.1, -0.05) is 12.1 Å². The molecule has 3 aromatic rings. The van der Waals surface area contributed by atoms with Gasteiger partial charge in [0, 0.05) is 0 Å². The molecular formula is C17H15N3O5S. The van der Waals surface area contributed by atoms with E-state index in [9.17, 15) is 18.0 Å². The Morgan fingerprint density at radius 3 is 2.46 bits per heavy atom. The molecule has 26 heavy (non-hydrogen) atoms. The van der Waals surface area contributed by atoms with Crippen molar-refractivity contribution in [3.63, 3.8) is 0 Å². The van der Waals surface area contributed by atoms with Crippen LogP contribution in [-0.2, 0) is 14.8 Å². The van der Waals surface area contributed by atoms with E-state index in [-0.39, 0.29) is 21.8 Å². The summed E-state index contributed by atoms with van der Waals surface area (Å²) in [6.45, 7) is 1.57. The van der Waals surface area contributed by atoms with Gasteiger partial charge >= 0.3 is 5.97 Å². The molecule has 0 bridgehead atoms. The molecule has 0 aliphatic rings. The van der Waals surface area contributed by atoms with Gasteiger partial charge in [-0.25, -0.2) is 23.3 Å². The number of hydrogen-bond acceptors (Lipinski definition) is 6. The predicted octanol–water partition coefficient (Wildman–Crippen LogP) is 1.49. The molecule has 2 aromatic carbocycles. The highest BCUT2D eigenvalue weighted by Crippen LogP contribution is 2.17. The van der Waals surface area contributed by atoms with Crippen LogP contribution in [0.2, 0.25) is 0 Å². The largest absolute Gasteiger partial charge is 0.451 e. The van der Waals surface area contributed by atoms with Gasteiger partial charge in [0.1, 0.15) is 0 Å². The highest BCUT2D eigenvalue weighted by molar-refractivity contribution is 7.89. The van der Waals surface area contributed by atoms with Gasteiger partial charge in [-0.05, 0) is 43.3 Å². The Hall–Kier alpha value is -3.04. The van der Waals surface area contributed by atoms with E-state index >= 15 is 0 Å². The summed E-state index contributed by atoms with van der Waals surface area (Å²) in [5.74, 6) is -0.475. The zero-order chi connectivity index (χ0) is 18.9. The molecule has 1 unspecified atom stereocenters. The molecule has 3 rings (SSSR count). The molecule has 0 saturated heterocycles. The minimum atomic E-state index is -3.84. The highest BCUT2D eigenvalue weighted by Gasteiger charge is 2.17. The van der Waals surface area contributed by atoms with Gasteiger partial charge in [-0.15, -0.1) is 0 Å². The van der Waals surface area contributed by atoms with E-state index in [2.05, 4.69) is 9.97 Å². The molecule has 1 aromatic heterocycles. The number of para-hydroxylation sites is 1. The quantitative estimate of drug-likeness (QED) is 0.666. The van der Waals surface area contributed by atoms with Crippen molar-refractivity contribution in [1.82, 2.24) is 9.97 Å². The molecule has 0 radical (unpaired) electrons. The van der Waals surface area contributed by atoms with Crippen LogP contribution in [0.25, 0.3) is 10.9 Å². The van der Waals surface area contributed by atoms with Crippen molar-refractivity contribution >= 4 is 26.9 Å². The first kappa shape index (κ1) is 17.8. The fraction of sp³-hybridized carbons (Fsp3) is 0.118. The summed E-state index contributed by atoms with van der Waals surface area (Å²) in [6.07, 6.45) is -0.808. The Kier molecular flexibility index (Phi) is 4.58. The van der Waals surface area contributed by atoms with Gasteiger partial charge in [-0.2, -0.15) is 0 Å². The second kappa shape index (κ2) is 6.70. The fourth-order valence-corrected chi connectivity index (χ4v) is 2.88. The molecule has 1 heterocycles. The molecule has 0 spiro atoms. The van der Waals surface area contributed by atoms with E-state index in [0.29, 0.717) is 10.9 Å². The summed E-state index contributed by atoms with van der Waals surface area (Å²) in [5, 5.41) is 5.45. The Morgan fingerprint density at radius 2 is 1.81 bits per heavy atom. The van der Waals surface area contributed by atoms with Crippen LogP contribution in [0.4, 0.5) is 0 Å². The number of primary sulfonamides is 1. The summed E-state index contributed by atoms with van der Waals surface area (Å²) in [5.41, 5.74) is 0.310. The number of sulfonamides is 1. The van der Waals surface area contributed by atoms with Gasteiger partial charge in [0.05, 0.1) is 21.4 Å². The van der Waals surface area contributed by atoms with Crippen LogP contribution in [0, 0.1) is 0 Å². The topological polar surface area (TPSA) is 132 Å². The number of nitrogens with one attached hydrogen (secondary N) is 1. The van der Waals surface area contributed by atoms with Crippen LogP contribution < -0.4 is 10.7 Å². The van der Waals surface area contributed by atoms with Crippen LogP contribution in [0.15, 0.2) is 58.2 Å². The SMILES string of the molecule is CC(OC(=O)c1ccc(S(N)(=O)=O)cc1)c1nc2ccccc2c(=O)[nH]1. The number of rotatable bonds is 4. The third kappa shape index (κ3) is 3.63. The van der Waals surface area contributed by atoms with Crippen molar-refractivity contribution < 1.29 is 17.9 Å². The lowest BCUT2D eigenvalue weighted by molar-refractivity contribution is 0.0320. The number of esters is 1. The molecule has 3 N–H and O–H groups in total. The maximum atomic E-state index is 12.2. The summed E-state index contributed by atoms with van der Waals surface area (Å²) in [6, 6.07) is 11.8. The molecule has 8 nitrogen and oxygen atoms in total. The van der Waals surface area contributed by atoms with Crippen molar-refractivity contribution in [3.8, 4) is 0 Å². The average Bonchev–Trinajstić information content (AvgIpc) is 2.61. The number of H-pyrrole nitrogens is 1. The van der Waals surface area contributed by atoms with Gasteiger partial charge in [0.25, 0.3) is 5.56 Å². The monoisotopic (exact) mass is 373 g/mol. The number of carbonyl (C=O) groups excluding carboxylic acids is 1. The van der Waals surface area contributed by atoms with E-state index in [1.807, 2.05) is 0 Å². The molecule has 0 fully saturated rings. The Labute approximate surface area is 148 Å². The molecule has 0 aliphatic carbocycles. The molecule has 134 valence electrons. The Bertz CT molecular complexity index is 1140.